The van der Waals surface area contributed by atoms with Crippen LogP contribution < -0.4 is 0 Å². The highest BCUT2D eigenvalue weighted by molar-refractivity contribution is 5.68. The molecule has 2 rings (SSSR count). The zero-order chi connectivity index (χ0) is 9.80. The molecule has 0 unspecified atom stereocenters. The third-order valence-electron chi connectivity index (χ3n) is 2.02. The highest BCUT2D eigenvalue weighted by Crippen LogP contribution is 2.09. The Morgan fingerprint density at radius 1 is 1.43 bits per heavy atom. The van der Waals surface area contributed by atoms with Gasteiger partial charge in [0.05, 0.1) is 0 Å². The molecule has 0 aliphatic heterocycles. The summed E-state index contributed by atoms with van der Waals surface area (Å²) in [7, 11) is 0. The number of aromatic nitrogens is 4. The summed E-state index contributed by atoms with van der Waals surface area (Å²) in [5.74, 6) is 0. The van der Waals surface area contributed by atoms with Crippen molar-refractivity contribution in [3.05, 3.63) is 17.8 Å². The highest BCUT2D eigenvalue weighted by atomic mass is 16.1. The molecule has 0 saturated heterocycles. The number of nitrogens with zero attached hydrogens (tertiary/aromatic N) is 3. The van der Waals surface area contributed by atoms with Crippen LogP contribution in [-0.4, -0.2) is 26.7 Å². The van der Waals surface area contributed by atoms with Gasteiger partial charge in [-0.15, -0.1) is 5.10 Å². The minimum Gasteiger partial charge on any atom is -0.303 e. The van der Waals surface area contributed by atoms with Gasteiger partial charge < -0.3 is 4.79 Å². The molecule has 0 radical (unpaired) electrons. The van der Waals surface area contributed by atoms with Crippen LogP contribution in [0.15, 0.2) is 12.3 Å². The van der Waals surface area contributed by atoms with Gasteiger partial charge in [0, 0.05) is 12.6 Å². The number of hydrogen-bond acceptors (Lipinski definition) is 4. The molecule has 0 aliphatic rings. The molecule has 0 bridgehead atoms. The van der Waals surface area contributed by atoms with Crippen LogP contribution >= 0.6 is 0 Å². The first kappa shape index (κ1) is 8.80. The number of nitrogens with one attached hydrogen (secondary N) is 1. The molecule has 72 valence electrons. The maximum atomic E-state index is 10.1. The maximum absolute atomic E-state index is 10.1. The van der Waals surface area contributed by atoms with Crippen LogP contribution in [0, 0.1) is 0 Å². The summed E-state index contributed by atoms with van der Waals surface area (Å²) in [6, 6.07) is 1.94. The minimum atomic E-state index is 0.594. The van der Waals surface area contributed by atoms with E-state index in [0.717, 1.165) is 30.2 Å². The molecular formula is C9H10N4O. The van der Waals surface area contributed by atoms with Gasteiger partial charge in [0.15, 0.2) is 0 Å². The van der Waals surface area contributed by atoms with E-state index in [0.29, 0.717) is 12.1 Å². The number of aldehydes is 1. The fourth-order valence-corrected chi connectivity index (χ4v) is 1.31. The predicted octanol–water partition coefficient (Wildman–Crippen LogP) is 0.874. The van der Waals surface area contributed by atoms with E-state index in [1.165, 1.54) is 0 Å². The van der Waals surface area contributed by atoms with E-state index in [4.69, 9.17) is 0 Å². The number of pyridine rings is 1. The van der Waals surface area contributed by atoms with E-state index in [2.05, 4.69) is 20.4 Å². The summed E-state index contributed by atoms with van der Waals surface area (Å²) in [5.41, 5.74) is 2.49. The fraction of sp³-hybridized carbons (Fsp3) is 0.333. The lowest BCUT2D eigenvalue weighted by molar-refractivity contribution is -0.107. The van der Waals surface area contributed by atoms with Gasteiger partial charge in [0.2, 0.25) is 5.65 Å². The first-order valence-corrected chi connectivity index (χ1v) is 4.49. The van der Waals surface area contributed by atoms with Gasteiger partial charge in [-0.05, 0) is 24.5 Å². The van der Waals surface area contributed by atoms with Gasteiger partial charge in [-0.3, -0.25) is 0 Å². The predicted molar refractivity (Wildman–Crippen MR) is 50.7 cm³/mol. The summed E-state index contributed by atoms with van der Waals surface area (Å²) in [6.07, 6.45) is 5.01. The Morgan fingerprint density at radius 3 is 3.21 bits per heavy atom. The monoisotopic (exact) mass is 190 g/mol. The zero-order valence-electron chi connectivity index (χ0n) is 7.60. The van der Waals surface area contributed by atoms with Gasteiger partial charge in [-0.1, -0.05) is 0 Å². The normalized spacial score (nSPS) is 10.6. The van der Waals surface area contributed by atoms with E-state index in [-0.39, 0.29) is 0 Å². The molecular weight excluding hydrogens is 180 g/mol. The lowest BCUT2D eigenvalue weighted by atomic mass is 10.1. The third-order valence-corrected chi connectivity index (χ3v) is 2.02. The maximum Gasteiger partial charge on any atom is 0.201 e. The van der Waals surface area contributed by atoms with Crippen molar-refractivity contribution in [1.29, 1.82) is 0 Å². The molecule has 0 atom stereocenters. The van der Waals surface area contributed by atoms with Gasteiger partial charge in [0.25, 0.3) is 0 Å². The molecule has 2 aromatic heterocycles. The quantitative estimate of drug-likeness (QED) is 0.573. The zero-order valence-corrected chi connectivity index (χ0v) is 7.60. The molecule has 0 fully saturated rings. The van der Waals surface area contributed by atoms with Crippen molar-refractivity contribution in [3.63, 3.8) is 0 Å². The number of unbranched alkanes of at least 4 members (excludes halogenated alkanes) is 1. The molecule has 2 aromatic rings. The number of aromatic amines is 1. The van der Waals surface area contributed by atoms with E-state index in [1.54, 1.807) is 6.20 Å². The van der Waals surface area contributed by atoms with Crippen LogP contribution in [0.2, 0.25) is 0 Å². The van der Waals surface area contributed by atoms with Crippen LogP contribution in [0.3, 0.4) is 0 Å². The summed E-state index contributed by atoms with van der Waals surface area (Å²) >= 11 is 0. The number of aryl methyl sites for hydroxylation is 1. The Bertz CT molecular complexity index is 437. The Morgan fingerprint density at radius 2 is 2.36 bits per heavy atom. The molecule has 5 heteroatoms. The summed E-state index contributed by atoms with van der Waals surface area (Å²) in [6.45, 7) is 0. The van der Waals surface area contributed by atoms with Crippen LogP contribution in [0.4, 0.5) is 0 Å². The van der Waals surface area contributed by atoms with Crippen molar-refractivity contribution in [3.8, 4) is 0 Å². The van der Waals surface area contributed by atoms with Crippen molar-refractivity contribution in [2.24, 2.45) is 0 Å². The average Bonchev–Trinajstić information content (AvgIpc) is 2.65. The highest BCUT2D eigenvalue weighted by Gasteiger charge is 2.00. The van der Waals surface area contributed by atoms with Crippen molar-refractivity contribution in [1.82, 2.24) is 20.4 Å². The molecule has 0 spiro atoms. The van der Waals surface area contributed by atoms with Crippen LogP contribution in [0.1, 0.15) is 18.4 Å². The summed E-state index contributed by atoms with van der Waals surface area (Å²) in [4.78, 5) is 14.2. The van der Waals surface area contributed by atoms with Crippen molar-refractivity contribution in [2.75, 3.05) is 0 Å². The molecule has 0 amide bonds. The van der Waals surface area contributed by atoms with E-state index >= 15 is 0 Å². The molecule has 0 aromatic carbocycles. The molecule has 14 heavy (non-hydrogen) atoms. The second-order valence-electron chi connectivity index (χ2n) is 3.07. The largest absolute Gasteiger partial charge is 0.303 e. The van der Waals surface area contributed by atoms with Gasteiger partial charge >= 0.3 is 0 Å². The second kappa shape index (κ2) is 3.95. The lowest BCUT2D eigenvalue weighted by Gasteiger charge is -1.96. The topological polar surface area (TPSA) is 71.5 Å². The number of hydrogen-bond donors (Lipinski definition) is 1. The number of fused-ring (bicyclic) bond motifs is 1. The van der Waals surface area contributed by atoms with E-state index < -0.39 is 0 Å². The number of carbonyl (C=O) groups is 1. The minimum absolute atomic E-state index is 0.594. The number of carbonyl (C=O) groups excluding carboxylic acids is 1. The standard InChI is InChI=1S/C9H10N4O/c14-4-2-1-3-7-5-8-9(10-6-7)12-13-11-8/h4-6H,1-3H2,(H,10,11,12,13). The average molecular weight is 190 g/mol. The third kappa shape index (κ3) is 1.76. The Kier molecular flexibility index (Phi) is 2.48. The van der Waals surface area contributed by atoms with Gasteiger partial charge in [-0.2, -0.15) is 10.3 Å². The lowest BCUT2D eigenvalue weighted by Crippen LogP contribution is -1.88. The van der Waals surface area contributed by atoms with Crippen molar-refractivity contribution >= 4 is 17.5 Å². The SMILES string of the molecule is O=CCCCc1cnc2n[nH]nc2c1. The number of H-pyrrole nitrogens is 1. The van der Waals surface area contributed by atoms with Crippen molar-refractivity contribution < 1.29 is 4.79 Å². The number of rotatable bonds is 4. The summed E-state index contributed by atoms with van der Waals surface area (Å²) in [5, 5.41) is 10.3. The van der Waals surface area contributed by atoms with Gasteiger partial charge in [0.1, 0.15) is 11.8 Å². The molecule has 2 heterocycles. The van der Waals surface area contributed by atoms with Crippen LogP contribution in [0.25, 0.3) is 11.2 Å². The van der Waals surface area contributed by atoms with Crippen molar-refractivity contribution in [2.45, 2.75) is 19.3 Å². The smallest absolute Gasteiger partial charge is 0.201 e. The Balaban J connectivity index is 2.13. The molecule has 5 nitrogen and oxygen atoms in total. The van der Waals surface area contributed by atoms with Crippen LogP contribution in [-0.2, 0) is 11.2 Å². The summed E-state index contributed by atoms with van der Waals surface area (Å²) < 4.78 is 0. The second-order valence-corrected chi connectivity index (χ2v) is 3.07. The molecule has 0 saturated carbocycles. The Labute approximate surface area is 80.5 Å². The first-order chi connectivity index (χ1) is 6.90. The molecule has 1 N–H and O–H groups in total. The fourth-order valence-electron chi connectivity index (χ4n) is 1.31. The Hall–Kier alpha value is -1.78. The van der Waals surface area contributed by atoms with E-state index in [1.807, 2.05) is 6.07 Å². The first-order valence-electron chi connectivity index (χ1n) is 4.49. The van der Waals surface area contributed by atoms with Crippen LogP contribution in [0.5, 0.6) is 0 Å². The molecule has 0 aliphatic carbocycles. The van der Waals surface area contributed by atoms with E-state index in [9.17, 15) is 4.79 Å². The van der Waals surface area contributed by atoms with Gasteiger partial charge in [-0.25, -0.2) is 4.98 Å².